The fourth-order valence-electron chi connectivity index (χ4n) is 0.756. The molecule has 0 rings (SSSR count). The molecule has 0 heterocycles. The highest BCUT2D eigenvalue weighted by Gasteiger charge is 2.40. The van der Waals surface area contributed by atoms with Crippen LogP contribution >= 0.6 is 7.60 Å². The van der Waals surface area contributed by atoms with Gasteiger partial charge in [-0.1, -0.05) is 6.92 Å². The van der Waals surface area contributed by atoms with Crippen LogP contribution in [0, 0.1) is 0 Å². The second-order valence-electron chi connectivity index (χ2n) is 2.70. The van der Waals surface area contributed by atoms with Gasteiger partial charge >= 0.3 is 13.5 Å². The highest BCUT2D eigenvalue weighted by molar-refractivity contribution is 7.52. The zero-order valence-electron chi connectivity index (χ0n) is 7.04. The third kappa shape index (κ3) is 5.08. The van der Waals surface area contributed by atoms with Gasteiger partial charge in [-0.3, -0.25) is 9.36 Å². The smallest absolute Gasteiger partial charge is 0.324 e. The topological polar surface area (TPSA) is 74.6 Å². The van der Waals surface area contributed by atoms with Gasteiger partial charge in [0.15, 0.2) is 0 Å². The van der Waals surface area contributed by atoms with Gasteiger partial charge in [-0.2, -0.15) is 8.78 Å². The molecule has 0 aromatic carbocycles. The van der Waals surface area contributed by atoms with E-state index in [1.54, 1.807) is 0 Å². The van der Waals surface area contributed by atoms with Crippen LogP contribution < -0.4 is 0 Å². The molecule has 0 fully saturated rings. The highest BCUT2D eigenvalue weighted by Crippen LogP contribution is 2.37. The Balaban J connectivity index is 4.34. The summed E-state index contributed by atoms with van der Waals surface area (Å²) in [5, 5.41) is 0. The fourth-order valence-corrected chi connectivity index (χ4v) is 1.36. The van der Waals surface area contributed by atoms with Crippen molar-refractivity contribution in [3.05, 3.63) is 0 Å². The van der Waals surface area contributed by atoms with Crippen molar-refractivity contribution in [2.45, 2.75) is 25.7 Å². The van der Waals surface area contributed by atoms with Crippen LogP contribution in [0.4, 0.5) is 8.78 Å². The number of ketones is 1. The van der Waals surface area contributed by atoms with Crippen LogP contribution in [-0.4, -0.2) is 27.7 Å². The lowest BCUT2D eigenvalue weighted by Gasteiger charge is -2.13. The maximum absolute atomic E-state index is 12.7. The van der Waals surface area contributed by atoms with Crippen molar-refractivity contribution in [2.24, 2.45) is 0 Å². The standard InChI is InChI=1S/C6H11F2O4P/c1-2-3-6(7,8)5(9)4-13(10,11)12/h2-4H2,1H3,(H2,10,11,12). The molecule has 0 aromatic rings. The minimum atomic E-state index is -4.67. The van der Waals surface area contributed by atoms with Crippen LogP contribution in [-0.2, 0) is 9.36 Å². The van der Waals surface area contributed by atoms with Crippen LogP contribution in [0.15, 0.2) is 0 Å². The highest BCUT2D eigenvalue weighted by atomic mass is 31.2. The summed E-state index contributed by atoms with van der Waals surface area (Å²) in [6.07, 6.45) is -1.98. The zero-order valence-corrected chi connectivity index (χ0v) is 7.93. The molecular formula is C6H11F2O4P. The van der Waals surface area contributed by atoms with Crippen LogP contribution in [0.5, 0.6) is 0 Å². The van der Waals surface area contributed by atoms with Gasteiger partial charge in [-0.25, -0.2) is 0 Å². The van der Waals surface area contributed by atoms with Gasteiger partial charge in [0.25, 0.3) is 0 Å². The molecule has 0 aliphatic rings. The molecule has 0 spiro atoms. The summed E-state index contributed by atoms with van der Waals surface area (Å²) in [7, 11) is -4.67. The quantitative estimate of drug-likeness (QED) is 0.676. The number of hydrogen-bond acceptors (Lipinski definition) is 2. The SMILES string of the molecule is CCCC(F)(F)C(=O)CP(=O)(O)O. The number of carbonyl (C=O) groups is 1. The lowest BCUT2D eigenvalue weighted by Crippen LogP contribution is -2.30. The third-order valence-corrected chi connectivity index (χ3v) is 2.02. The molecular weight excluding hydrogens is 205 g/mol. The molecule has 0 bridgehead atoms. The lowest BCUT2D eigenvalue weighted by atomic mass is 10.1. The van der Waals surface area contributed by atoms with Crippen molar-refractivity contribution in [1.29, 1.82) is 0 Å². The van der Waals surface area contributed by atoms with E-state index in [1.807, 2.05) is 0 Å². The van der Waals surface area contributed by atoms with Crippen molar-refractivity contribution in [2.75, 3.05) is 6.16 Å². The molecule has 0 unspecified atom stereocenters. The lowest BCUT2D eigenvalue weighted by molar-refractivity contribution is -0.141. The molecule has 0 saturated heterocycles. The molecule has 78 valence electrons. The van der Waals surface area contributed by atoms with Crippen LogP contribution in [0.3, 0.4) is 0 Å². The van der Waals surface area contributed by atoms with Gasteiger partial charge < -0.3 is 9.79 Å². The molecule has 0 saturated carbocycles. The Morgan fingerprint density at radius 2 is 1.92 bits per heavy atom. The average Bonchev–Trinajstić information content (AvgIpc) is 1.82. The Labute approximate surface area is 74.1 Å². The third-order valence-electron chi connectivity index (χ3n) is 1.32. The van der Waals surface area contributed by atoms with Crippen LogP contribution in [0.25, 0.3) is 0 Å². The number of Topliss-reactive ketones (excluding diaryl/α,β-unsaturated/α-hetero) is 1. The van der Waals surface area contributed by atoms with Crippen molar-refractivity contribution in [3.8, 4) is 0 Å². The van der Waals surface area contributed by atoms with Gasteiger partial charge in [-0.15, -0.1) is 0 Å². The summed E-state index contributed by atoms with van der Waals surface area (Å²) in [6, 6.07) is 0. The first kappa shape index (κ1) is 12.7. The van der Waals surface area contributed by atoms with Gasteiger partial charge in [0.1, 0.15) is 6.16 Å². The van der Waals surface area contributed by atoms with Gasteiger partial charge in [-0.05, 0) is 6.42 Å². The van der Waals surface area contributed by atoms with Crippen molar-refractivity contribution in [1.82, 2.24) is 0 Å². The monoisotopic (exact) mass is 216 g/mol. The summed E-state index contributed by atoms with van der Waals surface area (Å²) in [5.41, 5.74) is 0. The minimum absolute atomic E-state index is 0.0832. The molecule has 0 atom stereocenters. The molecule has 0 amide bonds. The van der Waals surface area contributed by atoms with E-state index in [0.717, 1.165) is 0 Å². The van der Waals surface area contributed by atoms with E-state index >= 15 is 0 Å². The first-order valence-electron chi connectivity index (χ1n) is 3.65. The van der Waals surface area contributed by atoms with Crippen molar-refractivity contribution >= 4 is 13.4 Å². The van der Waals surface area contributed by atoms with Crippen molar-refractivity contribution in [3.63, 3.8) is 0 Å². The largest absolute Gasteiger partial charge is 0.333 e. The summed E-state index contributed by atoms with van der Waals surface area (Å²) in [6.45, 7) is 1.46. The van der Waals surface area contributed by atoms with Crippen molar-refractivity contribution < 1.29 is 27.9 Å². The Kier molecular flexibility index (Phi) is 4.16. The summed E-state index contributed by atoms with van der Waals surface area (Å²) < 4.78 is 35.5. The van der Waals surface area contributed by atoms with E-state index in [2.05, 4.69) is 0 Å². The maximum atomic E-state index is 12.7. The molecule has 0 aliphatic carbocycles. The second kappa shape index (κ2) is 4.26. The van der Waals surface area contributed by atoms with E-state index in [9.17, 15) is 18.1 Å². The normalized spacial score (nSPS) is 13.0. The van der Waals surface area contributed by atoms with Gasteiger partial charge in [0.05, 0.1) is 0 Å². The Bertz CT molecular complexity index is 235. The van der Waals surface area contributed by atoms with E-state index in [4.69, 9.17) is 9.79 Å². The summed E-state index contributed by atoms with van der Waals surface area (Å²) >= 11 is 0. The minimum Gasteiger partial charge on any atom is -0.324 e. The fraction of sp³-hybridized carbons (Fsp3) is 0.833. The van der Waals surface area contributed by atoms with Gasteiger partial charge in [0.2, 0.25) is 5.78 Å². The number of hydrogen-bond donors (Lipinski definition) is 2. The zero-order chi connectivity index (χ0) is 10.7. The number of carbonyl (C=O) groups excluding carboxylic acids is 1. The van der Waals surface area contributed by atoms with E-state index in [-0.39, 0.29) is 6.42 Å². The average molecular weight is 216 g/mol. The second-order valence-corrected chi connectivity index (χ2v) is 4.35. The summed E-state index contributed by atoms with van der Waals surface area (Å²) in [4.78, 5) is 27.2. The molecule has 2 N–H and O–H groups in total. The Morgan fingerprint density at radius 1 is 1.46 bits per heavy atom. The molecule has 0 radical (unpaired) electrons. The van der Waals surface area contributed by atoms with E-state index in [1.165, 1.54) is 6.92 Å². The van der Waals surface area contributed by atoms with Crippen LogP contribution in [0.2, 0.25) is 0 Å². The molecule has 7 heteroatoms. The van der Waals surface area contributed by atoms with Crippen LogP contribution in [0.1, 0.15) is 19.8 Å². The van der Waals surface area contributed by atoms with E-state index in [0.29, 0.717) is 0 Å². The number of rotatable bonds is 5. The Morgan fingerprint density at radius 3 is 2.23 bits per heavy atom. The number of alkyl halides is 2. The first-order valence-corrected chi connectivity index (χ1v) is 5.44. The summed E-state index contributed by atoms with van der Waals surface area (Å²) in [5.74, 6) is -5.31. The van der Waals surface area contributed by atoms with Gasteiger partial charge in [0, 0.05) is 6.42 Å². The predicted octanol–water partition coefficient (Wildman–Crippen LogP) is 1.17. The predicted molar refractivity (Wildman–Crippen MR) is 41.8 cm³/mol. The molecule has 4 nitrogen and oxygen atoms in total. The molecule has 0 aromatic heterocycles. The molecule has 13 heavy (non-hydrogen) atoms. The number of halogens is 2. The molecule has 0 aliphatic heterocycles. The van der Waals surface area contributed by atoms with E-state index < -0.39 is 31.9 Å². The first-order chi connectivity index (χ1) is 5.69. The Hall–Kier alpha value is -0.320. The maximum Gasteiger partial charge on any atom is 0.333 e.